The van der Waals surface area contributed by atoms with E-state index in [2.05, 4.69) is 26.6 Å². The van der Waals surface area contributed by atoms with Crippen molar-refractivity contribution in [3.05, 3.63) is 28.2 Å². The van der Waals surface area contributed by atoms with Gasteiger partial charge in [0.05, 0.1) is 0 Å². The lowest BCUT2D eigenvalue weighted by Crippen LogP contribution is -2.29. The minimum absolute atomic E-state index is 0.0796. The Bertz CT molecular complexity index is 442. The molecule has 0 spiro atoms. The first-order valence-electron chi connectivity index (χ1n) is 6.94. The minimum atomic E-state index is 0.0796. The van der Waals surface area contributed by atoms with Gasteiger partial charge in [0.1, 0.15) is 0 Å². The molecule has 1 aliphatic carbocycles. The molecule has 1 amide bonds. The first-order chi connectivity index (χ1) is 9.15. The zero-order chi connectivity index (χ0) is 13.7. The summed E-state index contributed by atoms with van der Waals surface area (Å²) in [6.45, 7) is 2.77. The highest BCUT2D eigenvalue weighted by Crippen LogP contribution is 2.20. The second-order valence-electron chi connectivity index (χ2n) is 5.19. The Balaban J connectivity index is 1.74. The van der Waals surface area contributed by atoms with Crippen LogP contribution in [0.1, 0.15) is 37.7 Å². The predicted molar refractivity (Wildman–Crippen MR) is 82.4 cm³/mol. The Morgan fingerprint density at radius 3 is 2.79 bits per heavy atom. The molecule has 1 aliphatic rings. The highest BCUT2D eigenvalue weighted by Gasteiger charge is 2.14. The molecule has 2 N–H and O–H groups in total. The smallest absolute Gasteiger partial charge is 0.225 e. The van der Waals surface area contributed by atoms with Gasteiger partial charge in [-0.15, -0.1) is 0 Å². The van der Waals surface area contributed by atoms with Crippen LogP contribution < -0.4 is 10.6 Å². The van der Waals surface area contributed by atoms with Crippen LogP contribution in [-0.4, -0.2) is 18.5 Å². The average Bonchev–Trinajstić information content (AvgIpc) is 2.86. The Morgan fingerprint density at radius 2 is 2.11 bits per heavy atom. The molecule has 0 radical (unpaired) electrons. The number of benzene rings is 1. The number of carbonyl (C=O) groups excluding carboxylic acids is 1. The molecule has 3 nitrogen and oxygen atoms in total. The van der Waals surface area contributed by atoms with E-state index >= 15 is 0 Å². The molecule has 1 saturated carbocycles. The van der Waals surface area contributed by atoms with Gasteiger partial charge < -0.3 is 10.6 Å². The maximum atomic E-state index is 11.9. The van der Waals surface area contributed by atoms with Crippen LogP contribution in [0.15, 0.2) is 22.7 Å². The molecule has 0 heterocycles. The first-order valence-corrected chi connectivity index (χ1v) is 7.74. The molecule has 0 saturated heterocycles. The number of nitrogens with one attached hydrogen (secondary N) is 2. The molecule has 2 rings (SSSR count). The van der Waals surface area contributed by atoms with Gasteiger partial charge in [-0.1, -0.05) is 28.8 Å². The van der Waals surface area contributed by atoms with E-state index < -0.39 is 0 Å². The number of aryl methyl sites for hydroxylation is 1. The maximum absolute atomic E-state index is 11.9. The van der Waals surface area contributed by atoms with Gasteiger partial charge in [0.2, 0.25) is 5.91 Å². The molecular formula is C15H21BrN2O. The topological polar surface area (TPSA) is 41.1 Å². The predicted octanol–water partition coefficient (Wildman–Crippen LogP) is 3.62. The van der Waals surface area contributed by atoms with Gasteiger partial charge in [-0.05, 0) is 43.5 Å². The maximum Gasteiger partial charge on any atom is 0.225 e. The molecular weight excluding hydrogens is 304 g/mol. The van der Waals surface area contributed by atoms with Crippen LogP contribution in [0.25, 0.3) is 0 Å². The second kappa shape index (κ2) is 7.06. The van der Waals surface area contributed by atoms with Crippen molar-refractivity contribution in [3.8, 4) is 0 Å². The van der Waals surface area contributed by atoms with Gasteiger partial charge in [0.25, 0.3) is 0 Å². The molecule has 0 unspecified atom stereocenters. The van der Waals surface area contributed by atoms with Gasteiger partial charge in [0, 0.05) is 29.2 Å². The summed E-state index contributed by atoms with van der Waals surface area (Å²) in [6.07, 6.45) is 5.69. The van der Waals surface area contributed by atoms with Crippen molar-refractivity contribution >= 4 is 27.5 Å². The van der Waals surface area contributed by atoms with Crippen molar-refractivity contribution in [2.45, 2.75) is 45.1 Å². The van der Waals surface area contributed by atoms with Gasteiger partial charge >= 0.3 is 0 Å². The summed E-state index contributed by atoms with van der Waals surface area (Å²) >= 11 is 3.42. The van der Waals surface area contributed by atoms with E-state index in [0.717, 1.165) is 22.3 Å². The van der Waals surface area contributed by atoms with Crippen LogP contribution in [0.2, 0.25) is 0 Å². The summed E-state index contributed by atoms with van der Waals surface area (Å²) in [5.74, 6) is 0.0796. The Hall–Kier alpha value is -0.870. The number of halogens is 1. The standard InChI is InChI=1S/C15H21BrN2O/c1-11-10-12(16)6-7-14(11)18-15(19)8-9-17-13-4-2-3-5-13/h6-7,10,13,17H,2-5,8-9H2,1H3,(H,18,19). The molecule has 1 aromatic rings. The fourth-order valence-corrected chi connectivity index (χ4v) is 2.98. The highest BCUT2D eigenvalue weighted by atomic mass is 79.9. The van der Waals surface area contributed by atoms with Crippen LogP contribution in [0, 0.1) is 6.92 Å². The molecule has 19 heavy (non-hydrogen) atoms. The van der Waals surface area contributed by atoms with E-state index in [0.29, 0.717) is 12.5 Å². The summed E-state index contributed by atoms with van der Waals surface area (Å²) < 4.78 is 1.03. The normalized spacial score (nSPS) is 15.7. The monoisotopic (exact) mass is 324 g/mol. The molecule has 1 fully saturated rings. The number of rotatable bonds is 5. The fraction of sp³-hybridized carbons (Fsp3) is 0.533. The van der Waals surface area contributed by atoms with Crippen molar-refractivity contribution in [2.24, 2.45) is 0 Å². The van der Waals surface area contributed by atoms with E-state index in [1.165, 1.54) is 25.7 Å². The van der Waals surface area contributed by atoms with Gasteiger partial charge in [-0.3, -0.25) is 4.79 Å². The lowest BCUT2D eigenvalue weighted by Gasteiger charge is -2.12. The van der Waals surface area contributed by atoms with Crippen molar-refractivity contribution in [2.75, 3.05) is 11.9 Å². The van der Waals surface area contributed by atoms with Crippen molar-refractivity contribution in [1.82, 2.24) is 5.32 Å². The zero-order valence-corrected chi connectivity index (χ0v) is 12.9. The van der Waals surface area contributed by atoms with Gasteiger partial charge in [-0.25, -0.2) is 0 Å². The van der Waals surface area contributed by atoms with Crippen LogP contribution in [0.5, 0.6) is 0 Å². The highest BCUT2D eigenvalue weighted by molar-refractivity contribution is 9.10. The van der Waals surface area contributed by atoms with Crippen LogP contribution in [-0.2, 0) is 4.79 Å². The zero-order valence-electron chi connectivity index (χ0n) is 11.3. The van der Waals surface area contributed by atoms with Crippen LogP contribution in [0.4, 0.5) is 5.69 Å². The van der Waals surface area contributed by atoms with Crippen LogP contribution in [0.3, 0.4) is 0 Å². The van der Waals surface area contributed by atoms with Gasteiger partial charge in [0.15, 0.2) is 0 Å². The molecule has 104 valence electrons. The largest absolute Gasteiger partial charge is 0.326 e. The number of amides is 1. The van der Waals surface area contributed by atoms with E-state index in [-0.39, 0.29) is 5.91 Å². The fourth-order valence-electron chi connectivity index (χ4n) is 2.50. The van der Waals surface area contributed by atoms with Crippen molar-refractivity contribution < 1.29 is 4.79 Å². The molecule has 0 atom stereocenters. The SMILES string of the molecule is Cc1cc(Br)ccc1NC(=O)CCNC1CCCC1. The summed E-state index contributed by atoms with van der Waals surface area (Å²) in [5.41, 5.74) is 1.97. The lowest BCUT2D eigenvalue weighted by molar-refractivity contribution is -0.116. The summed E-state index contributed by atoms with van der Waals surface area (Å²) in [7, 11) is 0. The number of carbonyl (C=O) groups is 1. The number of anilines is 1. The van der Waals surface area contributed by atoms with Gasteiger partial charge in [-0.2, -0.15) is 0 Å². The number of hydrogen-bond acceptors (Lipinski definition) is 2. The van der Waals surface area contributed by atoms with E-state index in [4.69, 9.17) is 0 Å². The van der Waals surface area contributed by atoms with Crippen molar-refractivity contribution in [1.29, 1.82) is 0 Å². The summed E-state index contributed by atoms with van der Waals surface area (Å²) in [6, 6.07) is 6.51. The van der Waals surface area contributed by atoms with E-state index in [9.17, 15) is 4.79 Å². The summed E-state index contributed by atoms with van der Waals surface area (Å²) in [4.78, 5) is 11.9. The van der Waals surface area contributed by atoms with E-state index in [1.807, 2.05) is 25.1 Å². The summed E-state index contributed by atoms with van der Waals surface area (Å²) in [5, 5.41) is 6.42. The third-order valence-electron chi connectivity index (χ3n) is 3.60. The Morgan fingerprint density at radius 1 is 1.37 bits per heavy atom. The average molecular weight is 325 g/mol. The second-order valence-corrected chi connectivity index (χ2v) is 6.11. The molecule has 1 aromatic carbocycles. The quantitative estimate of drug-likeness (QED) is 0.868. The van der Waals surface area contributed by atoms with Crippen LogP contribution >= 0.6 is 15.9 Å². The molecule has 0 aliphatic heterocycles. The Kier molecular flexibility index (Phi) is 5.40. The lowest BCUT2D eigenvalue weighted by atomic mass is 10.2. The molecule has 0 aromatic heterocycles. The van der Waals surface area contributed by atoms with E-state index in [1.54, 1.807) is 0 Å². The minimum Gasteiger partial charge on any atom is -0.326 e. The molecule has 4 heteroatoms. The first kappa shape index (κ1) is 14.5. The number of hydrogen-bond donors (Lipinski definition) is 2. The Labute approximate surface area is 123 Å². The van der Waals surface area contributed by atoms with Crippen molar-refractivity contribution in [3.63, 3.8) is 0 Å². The third kappa shape index (κ3) is 4.62. The third-order valence-corrected chi connectivity index (χ3v) is 4.10. The molecule has 0 bridgehead atoms.